The van der Waals surface area contributed by atoms with Crippen LogP contribution < -0.4 is 0 Å². The number of halogens is 2. The highest BCUT2D eigenvalue weighted by Crippen LogP contribution is 2.19. The van der Waals surface area contributed by atoms with Gasteiger partial charge < -0.3 is 0 Å². The first-order valence-corrected chi connectivity index (χ1v) is 3.17. The maximum Gasteiger partial charge on any atom is 0.120 e. The summed E-state index contributed by atoms with van der Waals surface area (Å²) in [5.74, 6) is 0. The van der Waals surface area contributed by atoms with Gasteiger partial charge in [0.1, 0.15) is 6.17 Å². The minimum atomic E-state index is -0.704. The van der Waals surface area contributed by atoms with Crippen molar-refractivity contribution >= 4 is 15.9 Å². The Balaban J connectivity index is 2.42. The monoisotopic (exact) mass is 164 g/mol. The highest BCUT2D eigenvalue weighted by Gasteiger charge is 2.13. The molecule has 2 heteroatoms. The quantitative estimate of drug-likeness (QED) is 0.380. The first-order chi connectivity index (χ1) is 3.29. The molecule has 0 heterocycles. The molecule has 2 atom stereocenters. The second-order valence-electron chi connectivity index (χ2n) is 1.65. The Bertz CT molecular complexity index is 80.1. The first kappa shape index (κ1) is 5.29. The summed E-state index contributed by atoms with van der Waals surface area (Å²) >= 11 is 3.25. The van der Waals surface area contributed by atoms with E-state index in [0.717, 1.165) is 0 Å². The van der Waals surface area contributed by atoms with Gasteiger partial charge in [0.2, 0.25) is 0 Å². The molecule has 1 rings (SSSR count). The van der Waals surface area contributed by atoms with Gasteiger partial charge in [-0.3, -0.25) is 0 Å². The third kappa shape index (κ3) is 1.27. The predicted octanol–water partition coefficient (Wildman–Crippen LogP) is 2.05. The molecule has 0 radical (unpaired) electrons. The second-order valence-corrected chi connectivity index (χ2v) is 2.83. The Morgan fingerprint density at radius 2 is 2.29 bits per heavy atom. The molecule has 0 aliphatic heterocycles. The lowest BCUT2D eigenvalue weighted by molar-refractivity contribution is 0.398. The zero-order chi connectivity index (χ0) is 5.28. The smallest absolute Gasteiger partial charge is 0.120 e. The molecule has 0 spiro atoms. The lowest BCUT2D eigenvalue weighted by Gasteiger charge is -1.92. The molecule has 0 N–H and O–H groups in total. The van der Waals surface area contributed by atoms with Crippen molar-refractivity contribution in [2.75, 3.05) is 0 Å². The molecule has 0 aromatic carbocycles. The van der Waals surface area contributed by atoms with Crippen molar-refractivity contribution in [3.63, 3.8) is 0 Å². The average Bonchev–Trinajstić information content (AvgIpc) is 1.87. The van der Waals surface area contributed by atoms with Gasteiger partial charge in [-0.2, -0.15) is 0 Å². The zero-order valence-electron chi connectivity index (χ0n) is 3.77. The molecular weight excluding hydrogens is 159 g/mol. The summed E-state index contributed by atoms with van der Waals surface area (Å²) in [6.07, 6.45) is 3.33. The summed E-state index contributed by atoms with van der Waals surface area (Å²) in [6.45, 7) is 0. The number of hydrogen-bond acceptors (Lipinski definition) is 0. The molecule has 2 unspecified atom stereocenters. The van der Waals surface area contributed by atoms with Gasteiger partial charge >= 0.3 is 0 Å². The molecule has 0 amide bonds. The van der Waals surface area contributed by atoms with Crippen molar-refractivity contribution in [3.8, 4) is 0 Å². The fraction of sp³-hybridized carbons (Fsp3) is 0.600. The van der Waals surface area contributed by atoms with E-state index in [1.807, 2.05) is 6.08 Å². The van der Waals surface area contributed by atoms with Gasteiger partial charge in [0.15, 0.2) is 0 Å². The van der Waals surface area contributed by atoms with Crippen LogP contribution >= 0.6 is 15.9 Å². The molecule has 0 aromatic rings. The van der Waals surface area contributed by atoms with E-state index in [4.69, 9.17) is 0 Å². The van der Waals surface area contributed by atoms with Crippen molar-refractivity contribution in [1.29, 1.82) is 0 Å². The molecule has 0 saturated carbocycles. The molecule has 7 heavy (non-hydrogen) atoms. The van der Waals surface area contributed by atoms with Crippen LogP contribution in [0.2, 0.25) is 0 Å². The number of rotatable bonds is 0. The van der Waals surface area contributed by atoms with Crippen molar-refractivity contribution in [1.82, 2.24) is 0 Å². The topological polar surface area (TPSA) is 0 Å². The van der Waals surface area contributed by atoms with Crippen LogP contribution in [0, 0.1) is 0 Å². The summed E-state index contributed by atoms with van der Waals surface area (Å²) in [7, 11) is 0. The largest absolute Gasteiger partial charge is 0.243 e. The minimum Gasteiger partial charge on any atom is -0.243 e. The molecule has 1 aliphatic rings. The zero-order valence-corrected chi connectivity index (χ0v) is 5.36. The Labute approximate surface area is 50.5 Å². The van der Waals surface area contributed by atoms with Crippen LogP contribution in [0.15, 0.2) is 12.2 Å². The lowest BCUT2D eigenvalue weighted by atomic mass is 10.3. The summed E-state index contributed by atoms with van der Waals surface area (Å²) in [4.78, 5) is 0.280. The fourth-order valence-electron chi connectivity index (χ4n) is 0.613. The van der Waals surface area contributed by atoms with Crippen LogP contribution in [0.1, 0.15) is 6.42 Å². The minimum absolute atomic E-state index is 0.280. The van der Waals surface area contributed by atoms with Crippen LogP contribution in [0.3, 0.4) is 0 Å². The van der Waals surface area contributed by atoms with Gasteiger partial charge in [-0.1, -0.05) is 28.1 Å². The fourth-order valence-corrected chi connectivity index (χ4v) is 1.15. The van der Waals surface area contributed by atoms with E-state index in [1.165, 1.54) is 0 Å². The molecule has 0 aromatic heterocycles. The summed E-state index contributed by atoms with van der Waals surface area (Å²) in [6, 6.07) is 0. The predicted molar refractivity (Wildman–Crippen MR) is 31.4 cm³/mol. The molecule has 1 aliphatic carbocycles. The SMILES string of the molecule is FC1C=CC(Br)C1. The lowest BCUT2D eigenvalue weighted by Crippen LogP contribution is -1.92. The average molecular weight is 165 g/mol. The Kier molecular flexibility index (Phi) is 1.47. The van der Waals surface area contributed by atoms with Crippen molar-refractivity contribution in [2.45, 2.75) is 17.4 Å². The van der Waals surface area contributed by atoms with Crippen molar-refractivity contribution in [2.24, 2.45) is 0 Å². The number of hydrogen-bond donors (Lipinski definition) is 0. The summed E-state index contributed by atoms with van der Waals surface area (Å²) in [5, 5.41) is 0. The third-order valence-electron chi connectivity index (χ3n) is 0.979. The van der Waals surface area contributed by atoms with Gasteiger partial charge in [0.05, 0.1) is 0 Å². The van der Waals surface area contributed by atoms with Gasteiger partial charge in [-0.05, 0) is 6.42 Å². The van der Waals surface area contributed by atoms with E-state index >= 15 is 0 Å². The van der Waals surface area contributed by atoms with Crippen molar-refractivity contribution in [3.05, 3.63) is 12.2 Å². The normalized spacial score (nSPS) is 39.7. The number of allylic oxidation sites excluding steroid dienone is 2. The van der Waals surface area contributed by atoms with Crippen LogP contribution in [0.4, 0.5) is 4.39 Å². The highest BCUT2D eigenvalue weighted by molar-refractivity contribution is 9.09. The maximum absolute atomic E-state index is 12.1. The van der Waals surface area contributed by atoms with Gasteiger partial charge in [0.25, 0.3) is 0 Å². The summed E-state index contributed by atoms with van der Waals surface area (Å²) < 4.78 is 12.1. The van der Waals surface area contributed by atoms with Crippen LogP contribution in [0.25, 0.3) is 0 Å². The molecule has 0 saturated heterocycles. The van der Waals surface area contributed by atoms with Gasteiger partial charge in [-0.25, -0.2) is 4.39 Å². The second kappa shape index (κ2) is 1.95. The molecule has 0 nitrogen and oxygen atoms in total. The van der Waals surface area contributed by atoms with Gasteiger partial charge in [0, 0.05) is 4.83 Å². The standard InChI is InChI=1S/C5H6BrF/c6-4-1-2-5(7)3-4/h1-2,4-5H,3H2. The van der Waals surface area contributed by atoms with E-state index in [-0.39, 0.29) is 4.83 Å². The van der Waals surface area contributed by atoms with Crippen molar-refractivity contribution < 1.29 is 4.39 Å². The maximum atomic E-state index is 12.1. The Hall–Kier alpha value is 0.150. The van der Waals surface area contributed by atoms with E-state index in [9.17, 15) is 4.39 Å². The van der Waals surface area contributed by atoms with E-state index < -0.39 is 6.17 Å². The Morgan fingerprint density at radius 1 is 1.57 bits per heavy atom. The third-order valence-corrected chi connectivity index (χ3v) is 1.66. The van der Waals surface area contributed by atoms with Crippen LogP contribution in [0.5, 0.6) is 0 Å². The van der Waals surface area contributed by atoms with Crippen LogP contribution in [-0.2, 0) is 0 Å². The van der Waals surface area contributed by atoms with E-state index in [1.54, 1.807) is 6.08 Å². The highest BCUT2D eigenvalue weighted by atomic mass is 79.9. The van der Waals surface area contributed by atoms with E-state index in [0.29, 0.717) is 6.42 Å². The number of alkyl halides is 2. The first-order valence-electron chi connectivity index (χ1n) is 2.25. The molecule has 0 fully saturated rings. The van der Waals surface area contributed by atoms with E-state index in [2.05, 4.69) is 15.9 Å². The molecule has 0 bridgehead atoms. The summed E-state index contributed by atoms with van der Waals surface area (Å²) in [5.41, 5.74) is 0. The Morgan fingerprint density at radius 3 is 2.43 bits per heavy atom. The molecule has 40 valence electrons. The van der Waals surface area contributed by atoms with Gasteiger partial charge in [-0.15, -0.1) is 0 Å². The molecular formula is C5H6BrF. The van der Waals surface area contributed by atoms with Crippen LogP contribution in [-0.4, -0.2) is 11.0 Å².